The van der Waals surface area contributed by atoms with E-state index >= 15 is 0 Å². The molecule has 0 unspecified atom stereocenters. The van der Waals surface area contributed by atoms with Crippen molar-refractivity contribution in [3.05, 3.63) is 52.6 Å². The Morgan fingerprint density at radius 1 is 1.25 bits per heavy atom. The first kappa shape index (κ1) is 10.1. The second-order valence-electron chi connectivity index (χ2n) is 3.13. The summed E-state index contributed by atoms with van der Waals surface area (Å²) in [4.78, 5) is 27.6. The minimum absolute atomic E-state index is 0.134. The number of aromatic amines is 1. The monoisotopic (exact) mass is 215 g/mol. The van der Waals surface area contributed by atoms with Gasteiger partial charge in [-0.2, -0.15) is 0 Å². The molecule has 0 saturated carbocycles. The van der Waals surface area contributed by atoms with Crippen molar-refractivity contribution < 1.29 is 9.90 Å². The summed E-state index contributed by atoms with van der Waals surface area (Å²) in [6.45, 7) is 0. The summed E-state index contributed by atoms with van der Waals surface area (Å²) in [5, 5.41) is 10.8. The summed E-state index contributed by atoms with van der Waals surface area (Å²) >= 11 is 0. The number of nitrogens with zero attached hydrogens (tertiary/aromatic N) is 1. The minimum atomic E-state index is -1.37. The maximum absolute atomic E-state index is 11.1. The van der Waals surface area contributed by atoms with Crippen LogP contribution in [0.25, 0.3) is 11.3 Å². The molecule has 0 bridgehead atoms. The van der Waals surface area contributed by atoms with Crippen molar-refractivity contribution in [3.8, 4) is 11.3 Å². The number of H-pyrrole nitrogens is 1. The molecule has 0 radical (unpaired) electrons. The molecule has 1 heterocycles. The molecule has 1 aromatic heterocycles. The number of nitrogens with one attached hydrogen (secondary N) is 1. The lowest BCUT2D eigenvalue weighted by atomic mass is 10.1. The summed E-state index contributed by atoms with van der Waals surface area (Å²) in [6, 6.07) is 8.66. The normalized spacial score (nSPS) is 10.0. The number of aromatic nitrogens is 2. The van der Waals surface area contributed by atoms with Gasteiger partial charge >= 0.3 is 5.69 Å². The van der Waals surface area contributed by atoms with Crippen molar-refractivity contribution in [2.24, 2.45) is 0 Å². The molecular weight excluding hydrogens is 208 g/mol. The van der Waals surface area contributed by atoms with E-state index < -0.39 is 11.7 Å². The number of carbonyl (C=O) groups is 1. The molecule has 2 aromatic rings. The van der Waals surface area contributed by atoms with E-state index in [1.165, 1.54) is 0 Å². The third kappa shape index (κ3) is 1.83. The molecule has 80 valence electrons. The van der Waals surface area contributed by atoms with E-state index in [0.717, 1.165) is 6.20 Å². The Bertz CT molecular complexity index is 575. The van der Waals surface area contributed by atoms with E-state index in [1.54, 1.807) is 30.3 Å². The molecule has 5 nitrogen and oxygen atoms in total. The Morgan fingerprint density at radius 3 is 2.56 bits per heavy atom. The summed E-state index contributed by atoms with van der Waals surface area (Å²) in [7, 11) is 0. The highest BCUT2D eigenvalue weighted by atomic mass is 16.4. The van der Waals surface area contributed by atoms with Gasteiger partial charge in [0.15, 0.2) is 0 Å². The van der Waals surface area contributed by atoms with Crippen LogP contribution in [0, 0.1) is 0 Å². The Balaban J connectivity index is 2.68. The van der Waals surface area contributed by atoms with Crippen molar-refractivity contribution >= 4 is 5.97 Å². The predicted octanol–water partition coefficient (Wildman–Crippen LogP) is -0.200. The molecule has 0 aliphatic carbocycles. The van der Waals surface area contributed by atoms with E-state index in [9.17, 15) is 14.7 Å². The molecule has 1 aromatic carbocycles. The zero-order chi connectivity index (χ0) is 11.5. The molecular formula is C11H7N2O3-. The van der Waals surface area contributed by atoms with Gasteiger partial charge in [-0.25, -0.2) is 9.78 Å². The SMILES string of the molecule is O=C([O-])c1cnc(=O)[nH]c1-c1ccccc1. The second kappa shape index (κ2) is 3.98. The molecule has 0 fully saturated rings. The van der Waals surface area contributed by atoms with E-state index in [-0.39, 0.29) is 11.3 Å². The van der Waals surface area contributed by atoms with Crippen LogP contribution in [-0.2, 0) is 0 Å². The van der Waals surface area contributed by atoms with E-state index in [0.29, 0.717) is 5.56 Å². The van der Waals surface area contributed by atoms with Gasteiger partial charge in [-0.05, 0) is 5.56 Å². The fourth-order valence-electron chi connectivity index (χ4n) is 1.38. The number of benzene rings is 1. The van der Waals surface area contributed by atoms with Crippen molar-refractivity contribution in [1.29, 1.82) is 0 Å². The zero-order valence-electron chi connectivity index (χ0n) is 8.14. The Morgan fingerprint density at radius 2 is 1.94 bits per heavy atom. The molecule has 16 heavy (non-hydrogen) atoms. The summed E-state index contributed by atoms with van der Waals surface area (Å²) in [5.74, 6) is -1.37. The van der Waals surface area contributed by atoms with Crippen LogP contribution < -0.4 is 10.8 Å². The van der Waals surface area contributed by atoms with Gasteiger partial charge < -0.3 is 14.9 Å². The van der Waals surface area contributed by atoms with Crippen molar-refractivity contribution in [2.45, 2.75) is 0 Å². The first-order valence-electron chi connectivity index (χ1n) is 4.54. The fraction of sp³-hybridized carbons (Fsp3) is 0. The molecule has 0 aliphatic heterocycles. The molecule has 0 atom stereocenters. The number of carboxylic acids is 1. The first-order chi connectivity index (χ1) is 7.68. The quantitative estimate of drug-likeness (QED) is 0.751. The number of carboxylic acid groups (broad SMARTS) is 1. The van der Waals surface area contributed by atoms with Gasteiger partial charge in [0.05, 0.1) is 11.7 Å². The average Bonchev–Trinajstić information content (AvgIpc) is 2.29. The number of rotatable bonds is 2. The van der Waals surface area contributed by atoms with Crippen LogP contribution in [-0.4, -0.2) is 15.9 Å². The largest absolute Gasteiger partial charge is 0.545 e. The van der Waals surface area contributed by atoms with Crippen molar-refractivity contribution in [1.82, 2.24) is 9.97 Å². The molecule has 2 rings (SSSR count). The number of aromatic carboxylic acids is 1. The standard InChI is InChI=1S/C11H8N2O3/c14-10(15)8-6-12-11(16)13-9(8)7-4-2-1-3-5-7/h1-6H,(H,14,15)(H,12,13,16)/p-1. The molecule has 5 heteroatoms. The highest BCUT2D eigenvalue weighted by Crippen LogP contribution is 2.18. The Labute approximate surface area is 90.4 Å². The average molecular weight is 215 g/mol. The number of carbonyl (C=O) groups excluding carboxylic acids is 1. The van der Waals surface area contributed by atoms with Gasteiger partial charge in [0.2, 0.25) is 0 Å². The van der Waals surface area contributed by atoms with Crippen LogP contribution in [0.15, 0.2) is 41.3 Å². The van der Waals surface area contributed by atoms with Crippen LogP contribution in [0.4, 0.5) is 0 Å². The van der Waals surface area contributed by atoms with Gasteiger partial charge in [-0.15, -0.1) is 0 Å². The summed E-state index contributed by atoms with van der Waals surface area (Å²) < 4.78 is 0. The van der Waals surface area contributed by atoms with Crippen LogP contribution in [0.3, 0.4) is 0 Å². The third-order valence-corrected chi connectivity index (χ3v) is 2.09. The van der Waals surface area contributed by atoms with Crippen LogP contribution in [0.2, 0.25) is 0 Å². The maximum atomic E-state index is 11.1. The maximum Gasteiger partial charge on any atom is 0.345 e. The first-order valence-corrected chi connectivity index (χ1v) is 4.54. The second-order valence-corrected chi connectivity index (χ2v) is 3.13. The minimum Gasteiger partial charge on any atom is -0.545 e. The van der Waals surface area contributed by atoms with Crippen LogP contribution in [0.5, 0.6) is 0 Å². The molecule has 1 N–H and O–H groups in total. The van der Waals surface area contributed by atoms with E-state index in [1.807, 2.05) is 0 Å². The highest BCUT2D eigenvalue weighted by molar-refractivity contribution is 5.92. The Kier molecular flexibility index (Phi) is 2.51. The van der Waals surface area contributed by atoms with Crippen molar-refractivity contribution in [2.75, 3.05) is 0 Å². The van der Waals surface area contributed by atoms with Gasteiger partial charge in [0, 0.05) is 11.8 Å². The Hall–Kier alpha value is -2.43. The molecule has 0 aliphatic rings. The highest BCUT2D eigenvalue weighted by Gasteiger charge is 2.07. The summed E-state index contributed by atoms with van der Waals surface area (Å²) in [5.41, 5.74) is 0.0800. The lowest BCUT2D eigenvalue weighted by molar-refractivity contribution is -0.255. The zero-order valence-corrected chi connectivity index (χ0v) is 8.14. The fourth-order valence-corrected chi connectivity index (χ4v) is 1.38. The smallest absolute Gasteiger partial charge is 0.345 e. The van der Waals surface area contributed by atoms with Crippen molar-refractivity contribution in [3.63, 3.8) is 0 Å². The lowest BCUT2D eigenvalue weighted by Gasteiger charge is -2.08. The van der Waals surface area contributed by atoms with Gasteiger partial charge in [-0.3, -0.25) is 0 Å². The molecule has 0 spiro atoms. The topological polar surface area (TPSA) is 85.9 Å². The predicted molar refractivity (Wildman–Crippen MR) is 54.6 cm³/mol. The molecule has 0 amide bonds. The third-order valence-electron chi connectivity index (χ3n) is 2.09. The summed E-state index contributed by atoms with van der Waals surface area (Å²) in [6.07, 6.45) is 0.997. The molecule has 0 saturated heterocycles. The van der Waals surface area contributed by atoms with Gasteiger partial charge in [-0.1, -0.05) is 30.3 Å². The lowest BCUT2D eigenvalue weighted by Crippen LogP contribution is -2.26. The number of hydrogen-bond donors (Lipinski definition) is 1. The van der Waals surface area contributed by atoms with Gasteiger partial charge in [0.25, 0.3) is 0 Å². The van der Waals surface area contributed by atoms with E-state index in [4.69, 9.17) is 0 Å². The van der Waals surface area contributed by atoms with Crippen LogP contribution in [0.1, 0.15) is 10.4 Å². The van der Waals surface area contributed by atoms with Crippen LogP contribution >= 0.6 is 0 Å². The van der Waals surface area contributed by atoms with E-state index in [2.05, 4.69) is 9.97 Å². The number of hydrogen-bond acceptors (Lipinski definition) is 4. The van der Waals surface area contributed by atoms with Gasteiger partial charge in [0.1, 0.15) is 0 Å².